The van der Waals surface area contributed by atoms with E-state index in [1.807, 2.05) is 53.3 Å². The van der Waals surface area contributed by atoms with E-state index in [-0.39, 0.29) is 6.10 Å². The maximum atomic E-state index is 6.11. The summed E-state index contributed by atoms with van der Waals surface area (Å²) >= 11 is 0. The van der Waals surface area contributed by atoms with Crippen LogP contribution in [0.15, 0.2) is 60.8 Å². The Kier molecular flexibility index (Phi) is 4.88. The molecule has 5 nitrogen and oxygen atoms in total. The number of aromatic nitrogens is 2. The highest BCUT2D eigenvalue weighted by atomic mass is 16.6. The second-order valence-electron chi connectivity index (χ2n) is 6.33. The molecule has 0 N–H and O–H groups in total. The maximum Gasteiger partial charge on any atom is 0.162 e. The first-order valence-electron chi connectivity index (χ1n) is 8.82. The summed E-state index contributed by atoms with van der Waals surface area (Å²) in [6, 6.07) is 18.3. The molecule has 2 aromatic carbocycles. The van der Waals surface area contributed by atoms with E-state index in [1.54, 1.807) is 7.11 Å². The average molecular weight is 350 g/mol. The molecule has 1 atom stereocenters. The molecule has 3 aromatic rings. The van der Waals surface area contributed by atoms with Crippen molar-refractivity contribution in [2.75, 3.05) is 20.3 Å². The van der Waals surface area contributed by atoms with Crippen LogP contribution in [0.4, 0.5) is 0 Å². The molecule has 0 aliphatic carbocycles. The zero-order valence-corrected chi connectivity index (χ0v) is 14.8. The van der Waals surface area contributed by atoms with E-state index in [1.165, 1.54) is 5.56 Å². The molecule has 0 saturated carbocycles. The molecular formula is C21H22N2O3. The van der Waals surface area contributed by atoms with Crippen molar-refractivity contribution in [3.05, 3.63) is 66.4 Å². The smallest absolute Gasteiger partial charge is 0.162 e. The van der Waals surface area contributed by atoms with Gasteiger partial charge in [0, 0.05) is 18.2 Å². The summed E-state index contributed by atoms with van der Waals surface area (Å²) < 4.78 is 19.0. The molecule has 0 radical (unpaired) electrons. The standard InChI is InChI=1S/C21H22N2O3/c1-24-20-8-7-17(13-21(20)26-18-10-12-25-15-18)19-9-11-22-23(19)14-16-5-3-2-4-6-16/h2-9,11,13,18H,10,12,14-15H2,1H3/t18-/m1/s1. The first-order chi connectivity index (χ1) is 12.8. The number of benzene rings is 2. The summed E-state index contributed by atoms with van der Waals surface area (Å²) in [6.07, 6.45) is 2.81. The first kappa shape index (κ1) is 16.7. The predicted molar refractivity (Wildman–Crippen MR) is 99.6 cm³/mol. The minimum atomic E-state index is 0.0772. The van der Waals surface area contributed by atoms with Gasteiger partial charge >= 0.3 is 0 Å². The third-order valence-electron chi connectivity index (χ3n) is 4.53. The molecule has 1 aromatic heterocycles. The molecule has 1 aliphatic heterocycles. The number of rotatable bonds is 6. The zero-order chi connectivity index (χ0) is 17.8. The SMILES string of the molecule is COc1ccc(-c2ccnn2Cc2ccccc2)cc1O[C@@H]1CCOC1. The Morgan fingerprint density at radius 1 is 1.12 bits per heavy atom. The highest BCUT2D eigenvalue weighted by Gasteiger charge is 2.20. The second-order valence-corrected chi connectivity index (χ2v) is 6.33. The minimum Gasteiger partial charge on any atom is -0.493 e. The Morgan fingerprint density at radius 3 is 2.77 bits per heavy atom. The lowest BCUT2D eigenvalue weighted by Gasteiger charge is -2.16. The fourth-order valence-electron chi connectivity index (χ4n) is 3.17. The molecule has 4 rings (SSSR count). The van der Waals surface area contributed by atoms with Gasteiger partial charge in [0.1, 0.15) is 6.10 Å². The lowest BCUT2D eigenvalue weighted by molar-refractivity contribution is 0.138. The summed E-state index contributed by atoms with van der Waals surface area (Å²) in [5.74, 6) is 1.47. The molecule has 5 heteroatoms. The van der Waals surface area contributed by atoms with E-state index in [2.05, 4.69) is 17.2 Å². The molecule has 0 amide bonds. The molecule has 1 aliphatic rings. The number of nitrogens with zero attached hydrogens (tertiary/aromatic N) is 2. The minimum absolute atomic E-state index is 0.0772. The molecule has 1 fully saturated rings. The summed E-state index contributed by atoms with van der Waals surface area (Å²) in [4.78, 5) is 0. The van der Waals surface area contributed by atoms with Gasteiger partial charge in [-0.15, -0.1) is 0 Å². The van der Waals surface area contributed by atoms with Crippen molar-refractivity contribution in [2.24, 2.45) is 0 Å². The van der Waals surface area contributed by atoms with Crippen LogP contribution < -0.4 is 9.47 Å². The third kappa shape index (κ3) is 3.58. The molecule has 26 heavy (non-hydrogen) atoms. The van der Waals surface area contributed by atoms with Crippen LogP contribution in [0.2, 0.25) is 0 Å². The summed E-state index contributed by atoms with van der Waals surface area (Å²) in [5.41, 5.74) is 3.31. The van der Waals surface area contributed by atoms with Crippen molar-refractivity contribution < 1.29 is 14.2 Å². The Bertz CT molecular complexity index is 855. The quantitative estimate of drug-likeness (QED) is 0.679. The van der Waals surface area contributed by atoms with Gasteiger partial charge in [-0.3, -0.25) is 4.68 Å². The van der Waals surface area contributed by atoms with Crippen LogP contribution in [0.1, 0.15) is 12.0 Å². The van der Waals surface area contributed by atoms with Crippen molar-refractivity contribution in [1.29, 1.82) is 0 Å². The molecule has 2 heterocycles. The average Bonchev–Trinajstić information content (AvgIpc) is 3.35. The maximum absolute atomic E-state index is 6.11. The van der Waals surface area contributed by atoms with Gasteiger partial charge in [0.2, 0.25) is 0 Å². The monoisotopic (exact) mass is 350 g/mol. The molecular weight excluding hydrogens is 328 g/mol. The fourth-order valence-corrected chi connectivity index (χ4v) is 3.17. The van der Waals surface area contributed by atoms with E-state index in [9.17, 15) is 0 Å². The number of methoxy groups -OCH3 is 1. The third-order valence-corrected chi connectivity index (χ3v) is 4.53. The van der Waals surface area contributed by atoms with Crippen LogP contribution in [0.5, 0.6) is 11.5 Å². The fraction of sp³-hybridized carbons (Fsp3) is 0.286. The Morgan fingerprint density at radius 2 is 2.00 bits per heavy atom. The summed E-state index contributed by atoms with van der Waals surface area (Å²) in [7, 11) is 1.66. The van der Waals surface area contributed by atoms with Gasteiger partial charge in [-0.2, -0.15) is 5.10 Å². The lowest BCUT2D eigenvalue weighted by Crippen LogP contribution is -2.16. The van der Waals surface area contributed by atoms with Gasteiger partial charge in [0.25, 0.3) is 0 Å². The number of hydrogen-bond donors (Lipinski definition) is 0. The van der Waals surface area contributed by atoms with Gasteiger partial charge in [0.15, 0.2) is 11.5 Å². The van der Waals surface area contributed by atoms with Crippen LogP contribution >= 0.6 is 0 Å². The molecule has 0 bridgehead atoms. The topological polar surface area (TPSA) is 45.5 Å². The van der Waals surface area contributed by atoms with Crippen LogP contribution in [0.3, 0.4) is 0 Å². The van der Waals surface area contributed by atoms with Crippen molar-refractivity contribution in [2.45, 2.75) is 19.1 Å². The van der Waals surface area contributed by atoms with E-state index < -0.39 is 0 Å². The number of ether oxygens (including phenoxy) is 3. The van der Waals surface area contributed by atoms with E-state index in [4.69, 9.17) is 14.2 Å². The van der Waals surface area contributed by atoms with Crippen LogP contribution in [-0.2, 0) is 11.3 Å². The van der Waals surface area contributed by atoms with Crippen molar-refractivity contribution in [3.8, 4) is 22.8 Å². The van der Waals surface area contributed by atoms with Gasteiger partial charge in [-0.05, 0) is 29.8 Å². The summed E-state index contributed by atoms with van der Waals surface area (Å²) in [5, 5.41) is 4.49. The van der Waals surface area contributed by atoms with Crippen LogP contribution in [0, 0.1) is 0 Å². The summed E-state index contributed by atoms with van der Waals surface area (Å²) in [6.45, 7) is 2.09. The first-order valence-corrected chi connectivity index (χ1v) is 8.82. The highest BCUT2D eigenvalue weighted by molar-refractivity contribution is 5.64. The molecule has 0 unspecified atom stereocenters. The number of hydrogen-bond acceptors (Lipinski definition) is 4. The van der Waals surface area contributed by atoms with Crippen molar-refractivity contribution in [3.63, 3.8) is 0 Å². The van der Waals surface area contributed by atoms with Crippen molar-refractivity contribution in [1.82, 2.24) is 9.78 Å². The second kappa shape index (κ2) is 7.62. The normalized spacial score (nSPS) is 16.6. The van der Waals surface area contributed by atoms with Crippen molar-refractivity contribution >= 4 is 0 Å². The molecule has 0 spiro atoms. The van der Waals surface area contributed by atoms with E-state index in [0.717, 1.165) is 42.3 Å². The van der Waals surface area contributed by atoms with E-state index >= 15 is 0 Å². The van der Waals surface area contributed by atoms with Crippen LogP contribution in [0.25, 0.3) is 11.3 Å². The largest absolute Gasteiger partial charge is 0.493 e. The van der Waals surface area contributed by atoms with Gasteiger partial charge in [-0.1, -0.05) is 30.3 Å². The highest BCUT2D eigenvalue weighted by Crippen LogP contribution is 2.34. The lowest BCUT2D eigenvalue weighted by atomic mass is 10.1. The van der Waals surface area contributed by atoms with Gasteiger partial charge in [0.05, 0.1) is 32.6 Å². The van der Waals surface area contributed by atoms with Crippen LogP contribution in [-0.4, -0.2) is 36.2 Å². The molecule has 1 saturated heterocycles. The molecule has 134 valence electrons. The Labute approximate surface area is 153 Å². The van der Waals surface area contributed by atoms with E-state index in [0.29, 0.717) is 6.61 Å². The van der Waals surface area contributed by atoms with Gasteiger partial charge < -0.3 is 14.2 Å². The predicted octanol–water partition coefficient (Wildman–Crippen LogP) is 3.77. The Balaban J connectivity index is 1.62. The Hall–Kier alpha value is -2.79. The zero-order valence-electron chi connectivity index (χ0n) is 14.8. The van der Waals surface area contributed by atoms with Gasteiger partial charge in [-0.25, -0.2) is 0 Å².